The number of benzene rings is 2. The highest BCUT2D eigenvalue weighted by Crippen LogP contribution is 2.13. The van der Waals surface area contributed by atoms with Crippen LogP contribution in [0.5, 0.6) is 5.75 Å². The van der Waals surface area contributed by atoms with Crippen LogP contribution < -0.4 is 15.4 Å². The monoisotopic (exact) mass is 366 g/mol. The van der Waals surface area contributed by atoms with Crippen molar-refractivity contribution in [1.29, 1.82) is 0 Å². The van der Waals surface area contributed by atoms with Crippen molar-refractivity contribution in [3.8, 4) is 5.75 Å². The van der Waals surface area contributed by atoms with Crippen molar-refractivity contribution in [2.45, 2.75) is 39.4 Å². The van der Waals surface area contributed by atoms with Crippen molar-refractivity contribution in [2.24, 2.45) is 0 Å². The molecule has 0 bridgehead atoms. The molecule has 0 atom stereocenters. The molecule has 3 aromatic rings. The molecule has 6 heteroatoms. The van der Waals surface area contributed by atoms with Crippen LogP contribution in [0.3, 0.4) is 0 Å². The van der Waals surface area contributed by atoms with Gasteiger partial charge in [0.25, 0.3) is 5.91 Å². The molecule has 0 radical (unpaired) electrons. The number of amides is 1. The highest BCUT2D eigenvalue weighted by atomic mass is 16.5. The van der Waals surface area contributed by atoms with E-state index in [-0.39, 0.29) is 18.1 Å². The molecular weight excluding hydrogens is 340 g/mol. The van der Waals surface area contributed by atoms with Crippen LogP contribution in [0.15, 0.2) is 48.5 Å². The fourth-order valence-electron chi connectivity index (χ4n) is 2.72. The summed E-state index contributed by atoms with van der Waals surface area (Å²) in [7, 11) is 0. The number of imidazole rings is 1. The predicted molar refractivity (Wildman–Crippen MR) is 106 cm³/mol. The summed E-state index contributed by atoms with van der Waals surface area (Å²) in [4.78, 5) is 19.6. The summed E-state index contributed by atoms with van der Waals surface area (Å²) in [5.74, 6) is 1.47. The molecule has 3 rings (SSSR count). The molecule has 0 saturated heterocycles. The highest BCUT2D eigenvalue weighted by Gasteiger charge is 2.13. The largest absolute Gasteiger partial charge is 0.484 e. The Morgan fingerprint density at radius 3 is 2.52 bits per heavy atom. The molecule has 0 aliphatic heterocycles. The van der Waals surface area contributed by atoms with Crippen LogP contribution in [0.25, 0.3) is 11.0 Å². The van der Waals surface area contributed by atoms with Gasteiger partial charge in [-0.05, 0) is 50.6 Å². The number of fused-ring (bicyclic) bond motifs is 1. The van der Waals surface area contributed by atoms with Gasteiger partial charge in [-0.25, -0.2) is 4.98 Å². The van der Waals surface area contributed by atoms with E-state index in [0.717, 1.165) is 29.0 Å². The van der Waals surface area contributed by atoms with Crippen molar-refractivity contribution >= 4 is 16.9 Å². The molecule has 0 spiro atoms. The fourth-order valence-corrected chi connectivity index (χ4v) is 2.72. The van der Waals surface area contributed by atoms with E-state index in [9.17, 15) is 4.79 Å². The molecule has 0 aliphatic rings. The van der Waals surface area contributed by atoms with Gasteiger partial charge in [-0.15, -0.1) is 0 Å². The number of carbonyl (C=O) groups is 1. The van der Waals surface area contributed by atoms with Gasteiger partial charge in [-0.3, -0.25) is 4.79 Å². The van der Waals surface area contributed by atoms with E-state index in [1.54, 1.807) is 0 Å². The second kappa shape index (κ2) is 8.22. The van der Waals surface area contributed by atoms with Crippen LogP contribution in [-0.2, 0) is 17.9 Å². The summed E-state index contributed by atoms with van der Waals surface area (Å²) in [5, 5.41) is 6.25. The maximum Gasteiger partial charge on any atom is 0.258 e. The smallest absolute Gasteiger partial charge is 0.258 e. The van der Waals surface area contributed by atoms with Gasteiger partial charge in [0.05, 0.1) is 17.6 Å². The zero-order valence-corrected chi connectivity index (χ0v) is 16.0. The third kappa shape index (κ3) is 5.82. The summed E-state index contributed by atoms with van der Waals surface area (Å²) in [6.07, 6.45) is 0. The fraction of sp³-hybridized carbons (Fsp3) is 0.333. The number of hydrogen-bond donors (Lipinski definition) is 3. The van der Waals surface area contributed by atoms with Gasteiger partial charge in [-0.1, -0.05) is 24.3 Å². The predicted octanol–water partition coefficient (Wildman–Crippen LogP) is 3.15. The minimum atomic E-state index is -0.254. The van der Waals surface area contributed by atoms with E-state index in [2.05, 4.69) is 20.6 Å². The molecule has 27 heavy (non-hydrogen) atoms. The van der Waals surface area contributed by atoms with Gasteiger partial charge in [0.15, 0.2) is 6.61 Å². The highest BCUT2D eigenvalue weighted by molar-refractivity contribution is 5.78. The Morgan fingerprint density at radius 2 is 1.81 bits per heavy atom. The molecule has 0 aliphatic carbocycles. The molecule has 0 saturated carbocycles. The SMILES string of the molecule is CC(C)(C)NC(=O)COc1ccc(CNCc2nc3ccccc3[nH]2)cc1. The molecule has 1 heterocycles. The molecule has 142 valence electrons. The summed E-state index contributed by atoms with van der Waals surface area (Å²) in [5.41, 5.74) is 2.91. The van der Waals surface area contributed by atoms with Gasteiger partial charge in [0, 0.05) is 12.1 Å². The standard InChI is InChI=1S/C21H26N4O2/c1-21(2,3)25-20(26)14-27-16-10-8-15(9-11-16)12-22-13-19-23-17-6-4-5-7-18(17)24-19/h4-11,22H,12-14H2,1-3H3,(H,23,24)(H,25,26). The summed E-state index contributed by atoms with van der Waals surface area (Å²) >= 11 is 0. The Morgan fingerprint density at radius 1 is 1.07 bits per heavy atom. The zero-order valence-electron chi connectivity index (χ0n) is 16.0. The first-order valence-corrected chi connectivity index (χ1v) is 9.06. The molecule has 1 amide bonds. The van der Waals surface area contributed by atoms with Crippen molar-refractivity contribution in [1.82, 2.24) is 20.6 Å². The van der Waals surface area contributed by atoms with Crippen LogP contribution in [0.4, 0.5) is 0 Å². The number of aromatic nitrogens is 2. The maximum absolute atomic E-state index is 11.8. The van der Waals surface area contributed by atoms with Gasteiger partial charge in [-0.2, -0.15) is 0 Å². The maximum atomic E-state index is 11.8. The Labute approximate surface area is 159 Å². The summed E-state index contributed by atoms with van der Waals surface area (Å²) in [6.45, 7) is 7.23. The third-order valence-electron chi connectivity index (χ3n) is 3.87. The van der Waals surface area contributed by atoms with Crippen molar-refractivity contribution in [2.75, 3.05) is 6.61 Å². The second-order valence-electron chi connectivity index (χ2n) is 7.54. The molecule has 3 N–H and O–H groups in total. The quantitative estimate of drug-likeness (QED) is 0.600. The van der Waals surface area contributed by atoms with Gasteiger partial charge >= 0.3 is 0 Å². The van der Waals surface area contributed by atoms with Crippen molar-refractivity contribution in [3.63, 3.8) is 0 Å². The number of para-hydroxylation sites is 2. The van der Waals surface area contributed by atoms with E-state index in [0.29, 0.717) is 12.3 Å². The lowest BCUT2D eigenvalue weighted by Gasteiger charge is -2.20. The van der Waals surface area contributed by atoms with E-state index in [1.807, 2.05) is 69.3 Å². The average Bonchev–Trinajstić information content (AvgIpc) is 3.02. The first-order chi connectivity index (χ1) is 12.9. The van der Waals surface area contributed by atoms with Crippen LogP contribution >= 0.6 is 0 Å². The number of rotatable bonds is 7. The molecule has 1 aromatic heterocycles. The average molecular weight is 366 g/mol. The lowest BCUT2D eigenvalue weighted by atomic mass is 10.1. The van der Waals surface area contributed by atoms with E-state index in [4.69, 9.17) is 4.74 Å². The van der Waals surface area contributed by atoms with Gasteiger partial charge in [0.1, 0.15) is 11.6 Å². The minimum absolute atomic E-state index is 0.0148. The molecule has 0 fully saturated rings. The summed E-state index contributed by atoms with van der Waals surface area (Å²) in [6, 6.07) is 15.7. The van der Waals surface area contributed by atoms with E-state index in [1.165, 1.54) is 0 Å². The Kier molecular flexibility index (Phi) is 5.76. The first kappa shape index (κ1) is 18.9. The Bertz CT molecular complexity index is 861. The van der Waals surface area contributed by atoms with Crippen LogP contribution in [-0.4, -0.2) is 28.0 Å². The van der Waals surface area contributed by atoms with E-state index >= 15 is 0 Å². The number of ether oxygens (including phenoxy) is 1. The number of nitrogens with zero attached hydrogens (tertiary/aromatic N) is 1. The number of hydrogen-bond acceptors (Lipinski definition) is 4. The topological polar surface area (TPSA) is 79.0 Å². The summed E-state index contributed by atoms with van der Waals surface area (Å²) < 4.78 is 5.53. The van der Waals surface area contributed by atoms with Crippen LogP contribution in [0.1, 0.15) is 32.2 Å². The van der Waals surface area contributed by atoms with Gasteiger partial charge in [0.2, 0.25) is 0 Å². The molecular formula is C21H26N4O2. The zero-order chi connectivity index (χ0) is 19.3. The Hall–Kier alpha value is -2.86. The number of carbonyl (C=O) groups excluding carboxylic acids is 1. The molecule has 0 unspecified atom stereocenters. The van der Waals surface area contributed by atoms with Crippen molar-refractivity contribution < 1.29 is 9.53 Å². The first-order valence-electron chi connectivity index (χ1n) is 9.06. The third-order valence-corrected chi connectivity index (χ3v) is 3.87. The van der Waals surface area contributed by atoms with Crippen LogP contribution in [0.2, 0.25) is 0 Å². The van der Waals surface area contributed by atoms with E-state index < -0.39 is 0 Å². The molecule has 6 nitrogen and oxygen atoms in total. The number of nitrogens with one attached hydrogen (secondary N) is 3. The number of H-pyrrole nitrogens is 1. The minimum Gasteiger partial charge on any atom is -0.484 e. The number of aromatic amines is 1. The van der Waals surface area contributed by atoms with Gasteiger partial charge < -0.3 is 20.4 Å². The normalized spacial score (nSPS) is 11.5. The van der Waals surface area contributed by atoms with Crippen LogP contribution in [0, 0.1) is 0 Å². The second-order valence-corrected chi connectivity index (χ2v) is 7.54. The lowest BCUT2D eigenvalue weighted by molar-refractivity contribution is -0.124. The lowest BCUT2D eigenvalue weighted by Crippen LogP contribution is -2.43. The van der Waals surface area contributed by atoms with Crippen molar-refractivity contribution in [3.05, 3.63) is 59.9 Å². The molecule has 2 aromatic carbocycles. The Balaban J connectivity index is 1.44.